The van der Waals surface area contributed by atoms with Crippen LogP contribution in [0.25, 0.3) is 0 Å². The van der Waals surface area contributed by atoms with Crippen LogP contribution in [0, 0.1) is 0 Å². The molecule has 0 aromatic rings. The fraction of sp³-hybridized carbons (Fsp3) is 0. The van der Waals surface area contributed by atoms with E-state index in [1.54, 1.807) is 0 Å². The quantitative estimate of drug-likeness (QED) is 0.359. The summed E-state index contributed by atoms with van der Waals surface area (Å²) in [5, 5.41) is 0. The third kappa shape index (κ3) is 47.0. The van der Waals surface area contributed by atoms with Crippen LogP contribution < -0.4 is 0 Å². The zero-order valence-electron chi connectivity index (χ0n) is 3.08. The summed E-state index contributed by atoms with van der Waals surface area (Å²) in [7, 11) is 0. The van der Waals surface area contributed by atoms with Gasteiger partial charge in [0.2, 0.25) is 0 Å². The summed E-state index contributed by atoms with van der Waals surface area (Å²) in [5.74, 6) is 0. The van der Waals surface area contributed by atoms with Gasteiger partial charge < -0.3 is 0 Å². The molecule has 0 aliphatic carbocycles. The fourth-order valence-corrected chi connectivity index (χ4v) is 0. The fourth-order valence-electron chi connectivity index (χ4n) is 0. The van der Waals surface area contributed by atoms with Crippen molar-refractivity contribution in [2.24, 2.45) is 0 Å². The van der Waals surface area contributed by atoms with E-state index in [0.29, 0.717) is 0 Å². The van der Waals surface area contributed by atoms with E-state index in [4.69, 9.17) is 9.13 Å². The molecule has 0 rings (SSSR count). The molecule has 0 aromatic heterocycles. The van der Waals surface area contributed by atoms with Crippen LogP contribution in [0.4, 0.5) is 0 Å². The zero-order valence-corrected chi connectivity index (χ0v) is 7.12. The van der Waals surface area contributed by atoms with Gasteiger partial charge in [-0.2, -0.15) is 0 Å². The molecular weight excluding hydrogens is 229 g/mol. The summed E-state index contributed by atoms with van der Waals surface area (Å²) in [4.78, 5) is 0. The molecule has 0 amide bonds. The molecule has 32 valence electrons. The van der Waals surface area contributed by atoms with Crippen LogP contribution in [0.5, 0.6) is 0 Å². The van der Waals surface area contributed by atoms with Gasteiger partial charge in [-0.3, -0.25) is 0 Å². The average Bonchev–Trinajstić information content (AvgIpc) is 0.811. The molecule has 6 heavy (non-hydrogen) atoms. The van der Waals surface area contributed by atoms with Crippen LogP contribution in [0.15, 0.2) is 0 Å². The van der Waals surface area contributed by atoms with Crippen LogP contribution >= 0.6 is 43.1 Å². The normalized spacial score (nSPS) is 4.17. The van der Waals surface area contributed by atoms with Crippen LogP contribution in [0.3, 0.4) is 0 Å². The summed E-state index contributed by atoms with van der Waals surface area (Å²) in [5.41, 5.74) is 0. The van der Waals surface area contributed by atoms with Gasteiger partial charge in [0.05, 0.1) is 12.2 Å². The van der Waals surface area contributed by atoms with Gasteiger partial charge in [-0.25, -0.2) is 9.13 Å². The molecule has 6 heteroatoms. The van der Waals surface area contributed by atoms with E-state index in [0.717, 1.165) is 0 Å². The molecule has 0 N–H and O–H groups in total. The van der Waals surface area contributed by atoms with Crippen molar-refractivity contribution < 1.29 is 9.13 Å². The maximum atomic E-state index is 8.85. The molecular formula is HILiO2PS. The molecule has 0 saturated carbocycles. The summed E-state index contributed by atoms with van der Waals surface area (Å²) in [6.45, 7) is -2.54. The Labute approximate surface area is 70.6 Å². The van der Waals surface area contributed by atoms with Crippen molar-refractivity contribution in [3.63, 3.8) is 0 Å². The third-order valence-electron chi connectivity index (χ3n) is 0. The Morgan fingerprint density at radius 2 is 1.33 bits per heavy atom. The smallest absolute Gasteiger partial charge is 0.224 e. The van der Waals surface area contributed by atoms with Gasteiger partial charge in [0, 0.05) is 18.9 Å². The van der Waals surface area contributed by atoms with Crippen LogP contribution in [0.2, 0.25) is 0 Å². The topological polar surface area (TPSA) is 34.1 Å². The second kappa shape index (κ2) is 9.77. The largest absolute Gasteiger partial charge is 0.390 e. The van der Waals surface area contributed by atoms with Crippen molar-refractivity contribution in [3.05, 3.63) is 0 Å². The number of hydrogen-bond acceptors (Lipinski definition) is 2. The van der Waals surface area contributed by atoms with Crippen molar-refractivity contribution >= 4 is 62.0 Å². The molecule has 0 saturated heterocycles. The maximum Gasteiger partial charge on any atom is 0.390 e. The molecule has 0 atom stereocenters. The zero-order chi connectivity index (χ0) is 3.58. The van der Waals surface area contributed by atoms with Gasteiger partial charge >= 0.3 is 6.88 Å². The molecule has 0 aromatic carbocycles. The van der Waals surface area contributed by atoms with Gasteiger partial charge in [0.1, 0.15) is 0 Å². The van der Waals surface area contributed by atoms with Crippen molar-refractivity contribution in [1.82, 2.24) is 0 Å². The summed E-state index contributed by atoms with van der Waals surface area (Å²) >= 11 is 3.57. The Morgan fingerprint density at radius 1 is 1.33 bits per heavy atom. The number of hydrogen-bond donors (Lipinski definition) is 0. The molecule has 0 heterocycles. The predicted molar refractivity (Wildman–Crippen MR) is 37.1 cm³/mol. The summed E-state index contributed by atoms with van der Waals surface area (Å²) < 4.78 is 17.7. The minimum Gasteiger partial charge on any atom is -0.224 e. The summed E-state index contributed by atoms with van der Waals surface area (Å²) in [6, 6.07) is 0. The Morgan fingerprint density at radius 3 is 1.33 bits per heavy atom. The van der Waals surface area contributed by atoms with Gasteiger partial charge in [0.25, 0.3) is 0 Å². The van der Waals surface area contributed by atoms with E-state index in [9.17, 15) is 0 Å². The van der Waals surface area contributed by atoms with E-state index < -0.39 is 6.88 Å². The van der Waals surface area contributed by atoms with Crippen LogP contribution in [-0.4, -0.2) is 18.9 Å². The minimum absolute atomic E-state index is 0. The van der Waals surface area contributed by atoms with Gasteiger partial charge in [0.15, 0.2) is 0 Å². The molecule has 2 radical (unpaired) electrons. The van der Waals surface area contributed by atoms with Crippen molar-refractivity contribution in [2.45, 2.75) is 0 Å². The maximum absolute atomic E-state index is 8.85. The Kier molecular flexibility index (Phi) is 25.5. The first-order valence-corrected chi connectivity index (χ1v) is 2.74. The van der Waals surface area contributed by atoms with Crippen LogP contribution in [0.1, 0.15) is 0 Å². The van der Waals surface area contributed by atoms with E-state index in [-0.39, 0.29) is 42.8 Å². The van der Waals surface area contributed by atoms with Crippen molar-refractivity contribution in [1.29, 1.82) is 0 Å². The SMILES string of the molecule is I.O=P(=O)[S].[Li]. The van der Waals surface area contributed by atoms with Crippen molar-refractivity contribution in [2.75, 3.05) is 0 Å². The number of rotatable bonds is 0. The standard InChI is InChI=1S/HI.Li.O2PS/c;;1-3(2)4/h1H;;. The molecule has 0 aliphatic heterocycles. The first kappa shape index (κ1) is 15.6. The Balaban J connectivity index is -0.0000000450. The van der Waals surface area contributed by atoms with E-state index in [2.05, 4.69) is 12.2 Å². The molecule has 0 unspecified atom stereocenters. The van der Waals surface area contributed by atoms with E-state index in [1.807, 2.05) is 0 Å². The van der Waals surface area contributed by atoms with E-state index >= 15 is 0 Å². The van der Waals surface area contributed by atoms with E-state index in [1.165, 1.54) is 0 Å². The second-order valence-corrected chi connectivity index (χ2v) is 1.57. The molecule has 0 spiro atoms. The third-order valence-corrected chi connectivity index (χ3v) is 0. The summed E-state index contributed by atoms with van der Waals surface area (Å²) in [6.07, 6.45) is 0. The Hall–Kier alpha value is 1.58. The first-order valence-electron chi connectivity index (χ1n) is 0.548. The van der Waals surface area contributed by atoms with Gasteiger partial charge in [-0.15, -0.1) is 24.0 Å². The van der Waals surface area contributed by atoms with Crippen LogP contribution in [-0.2, 0) is 9.13 Å². The monoisotopic (exact) mass is 230 g/mol. The number of halogens is 1. The molecule has 0 fully saturated rings. The minimum atomic E-state index is -2.54. The predicted octanol–water partition coefficient (Wildman–Crippen LogP) is 1.51. The van der Waals surface area contributed by atoms with Gasteiger partial charge in [-0.1, -0.05) is 0 Å². The molecule has 0 bridgehead atoms. The first-order chi connectivity index (χ1) is 1.73. The van der Waals surface area contributed by atoms with Gasteiger partial charge in [-0.05, 0) is 0 Å². The molecule has 2 nitrogen and oxygen atoms in total. The second-order valence-electron chi connectivity index (χ2n) is 0.224. The average molecular weight is 230 g/mol. The molecule has 0 aliphatic rings. The Bertz CT molecular complexity index is 61.9. The van der Waals surface area contributed by atoms with Crippen molar-refractivity contribution in [3.8, 4) is 0 Å².